The summed E-state index contributed by atoms with van der Waals surface area (Å²) in [6.45, 7) is 1.90. The lowest BCUT2D eigenvalue weighted by atomic mass is 9.96. The van der Waals surface area contributed by atoms with Crippen LogP contribution < -0.4 is 4.74 Å². The molecule has 0 saturated carbocycles. The maximum atomic E-state index is 12.5. The molecule has 1 N–H and O–H groups in total. The summed E-state index contributed by atoms with van der Waals surface area (Å²) < 4.78 is 5.11. The molecule has 116 valence electrons. The van der Waals surface area contributed by atoms with E-state index in [-0.39, 0.29) is 17.5 Å². The number of rotatable bonds is 7. The molecule has 0 fully saturated rings. The Morgan fingerprint density at radius 2 is 1.95 bits per heavy atom. The maximum Gasteiger partial charge on any atom is 0.169 e. The molecule has 0 amide bonds. The molecule has 0 aliphatic carbocycles. The molecule has 3 nitrogen and oxygen atoms in total. The number of carbonyl (C=O) groups excluding carboxylic acids is 1. The Balaban J connectivity index is 1.94. The van der Waals surface area contributed by atoms with Crippen LogP contribution in [0.1, 0.15) is 23.7 Å². The largest absolute Gasteiger partial charge is 0.507 e. The quantitative estimate of drug-likeness (QED) is 0.607. The summed E-state index contributed by atoms with van der Waals surface area (Å²) in [5, 5.41) is 9.87. The van der Waals surface area contributed by atoms with E-state index in [1.54, 1.807) is 31.0 Å². The molecular formula is C18H20O3S. The van der Waals surface area contributed by atoms with Crippen LogP contribution in [0.25, 0.3) is 0 Å². The van der Waals surface area contributed by atoms with Gasteiger partial charge in [-0.15, -0.1) is 11.8 Å². The average molecular weight is 316 g/mol. The number of hydrogen-bond acceptors (Lipinski definition) is 4. The fourth-order valence-corrected chi connectivity index (χ4v) is 3.16. The van der Waals surface area contributed by atoms with Crippen LogP contribution in [0.15, 0.2) is 53.4 Å². The zero-order chi connectivity index (χ0) is 15.9. The van der Waals surface area contributed by atoms with Crippen LogP contribution in [-0.2, 0) is 0 Å². The molecule has 0 bridgehead atoms. The van der Waals surface area contributed by atoms with Gasteiger partial charge in [-0.05, 0) is 42.5 Å². The van der Waals surface area contributed by atoms with Crippen molar-refractivity contribution in [1.29, 1.82) is 0 Å². The molecule has 0 spiro atoms. The number of thioether (sulfide) groups is 1. The van der Waals surface area contributed by atoms with Crippen molar-refractivity contribution < 1.29 is 14.6 Å². The fourth-order valence-electron chi connectivity index (χ4n) is 2.11. The Kier molecular flexibility index (Phi) is 5.90. The van der Waals surface area contributed by atoms with Gasteiger partial charge in [0.05, 0.1) is 12.7 Å². The van der Waals surface area contributed by atoms with E-state index in [4.69, 9.17) is 4.74 Å². The number of ether oxygens (including phenoxy) is 1. The first-order chi connectivity index (χ1) is 10.6. The molecule has 4 heteroatoms. The van der Waals surface area contributed by atoms with Crippen LogP contribution >= 0.6 is 11.8 Å². The molecule has 2 rings (SSSR count). The molecule has 0 aromatic heterocycles. The molecule has 2 aromatic rings. The minimum atomic E-state index is -0.144. The summed E-state index contributed by atoms with van der Waals surface area (Å²) in [5.74, 6) is 1.25. The summed E-state index contributed by atoms with van der Waals surface area (Å²) >= 11 is 1.73. The minimum Gasteiger partial charge on any atom is -0.507 e. The number of aromatic hydroxyl groups is 1. The van der Waals surface area contributed by atoms with E-state index in [2.05, 4.69) is 12.1 Å². The predicted molar refractivity (Wildman–Crippen MR) is 89.9 cm³/mol. The SMILES string of the molecule is COc1ccc(O)c(C(=O)C(C)CCSc2ccccc2)c1. The third-order valence-corrected chi connectivity index (χ3v) is 4.52. The molecule has 0 aliphatic rings. The topological polar surface area (TPSA) is 46.5 Å². The average Bonchev–Trinajstić information content (AvgIpc) is 2.55. The molecule has 0 aliphatic heterocycles. The van der Waals surface area contributed by atoms with Crippen molar-refractivity contribution in [2.75, 3.05) is 12.9 Å². The molecule has 0 saturated heterocycles. The number of phenolic OH excluding ortho intramolecular Hbond substituents is 1. The van der Waals surface area contributed by atoms with Gasteiger partial charge in [0.1, 0.15) is 11.5 Å². The van der Waals surface area contributed by atoms with Gasteiger partial charge in [-0.2, -0.15) is 0 Å². The summed E-state index contributed by atoms with van der Waals surface area (Å²) in [4.78, 5) is 13.7. The van der Waals surface area contributed by atoms with Crippen molar-refractivity contribution in [3.05, 3.63) is 54.1 Å². The predicted octanol–water partition coefficient (Wildman–Crippen LogP) is 4.40. The van der Waals surface area contributed by atoms with E-state index >= 15 is 0 Å². The number of ketones is 1. The number of methoxy groups -OCH3 is 1. The van der Waals surface area contributed by atoms with Gasteiger partial charge < -0.3 is 9.84 Å². The molecule has 1 unspecified atom stereocenters. The van der Waals surface area contributed by atoms with E-state index in [0.717, 1.165) is 12.2 Å². The number of hydrogen-bond donors (Lipinski definition) is 1. The van der Waals surface area contributed by atoms with Crippen LogP contribution in [-0.4, -0.2) is 23.8 Å². The van der Waals surface area contributed by atoms with Crippen molar-refractivity contribution in [2.24, 2.45) is 5.92 Å². The van der Waals surface area contributed by atoms with Crippen molar-refractivity contribution in [2.45, 2.75) is 18.2 Å². The Hall–Kier alpha value is -1.94. The summed E-state index contributed by atoms with van der Waals surface area (Å²) in [5.41, 5.74) is 0.330. The molecule has 0 radical (unpaired) electrons. The van der Waals surface area contributed by atoms with Crippen molar-refractivity contribution in [1.82, 2.24) is 0 Å². The van der Waals surface area contributed by atoms with E-state index in [0.29, 0.717) is 11.3 Å². The Bertz CT molecular complexity index is 625. The van der Waals surface area contributed by atoms with Gasteiger partial charge in [-0.25, -0.2) is 0 Å². The van der Waals surface area contributed by atoms with Gasteiger partial charge in [0.15, 0.2) is 5.78 Å². The lowest BCUT2D eigenvalue weighted by Gasteiger charge is -2.12. The monoisotopic (exact) mass is 316 g/mol. The zero-order valence-electron chi connectivity index (χ0n) is 12.8. The van der Waals surface area contributed by atoms with Gasteiger partial charge in [0.25, 0.3) is 0 Å². The highest BCUT2D eigenvalue weighted by molar-refractivity contribution is 7.99. The van der Waals surface area contributed by atoms with E-state index in [1.165, 1.54) is 11.0 Å². The summed E-state index contributed by atoms with van der Waals surface area (Å²) in [6.07, 6.45) is 0.759. The summed E-state index contributed by atoms with van der Waals surface area (Å²) in [7, 11) is 1.54. The van der Waals surface area contributed by atoms with Crippen LogP contribution in [0.3, 0.4) is 0 Å². The standard InChI is InChI=1S/C18H20O3S/c1-13(10-11-22-15-6-4-3-5-7-15)18(20)16-12-14(21-2)8-9-17(16)19/h3-9,12-13,19H,10-11H2,1-2H3. The fraction of sp³-hybridized carbons (Fsp3) is 0.278. The Morgan fingerprint density at radius 1 is 1.23 bits per heavy atom. The van der Waals surface area contributed by atoms with Gasteiger partial charge in [0.2, 0.25) is 0 Å². The zero-order valence-corrected chi connectivity index (χ0v) is 13.6. The van der Waals surface area contributed by atoms with Gasteiger partial charge in [-0.1, -0.05) is 25.1 Å². The van der Waals surface area contributed by atoms with Crippen LogP contribution in [0.2, 0.25) is 0 Å². The third kappa shape index (κ3) is 4.28. The number of benzene rings is 2. The van der Waals surface area contributed by atoms with Crippen molar-refractivity contribution in [3.8, 4) is 11.5 Å². The van der Waals surface area contributed by atoms with Crippen LogP contribution in [0.4, 0.5) is 0 Å². The van der Waals surface area contributed by atoms with E-state index < -0.39 is 0 Å². The first-order valence-electron chi connectivity index (χ1n) is 7.21. The molecule has 2 aromatic carbocycles. The lowest BCUT2D eigenvalue weighted by molar-refractivity contribution is 0.0925. The second-order valence-electron chi connectivity index (χ2n) is 5.10. The van der Waals surface area contributed by atoms with Crippen molar-refractivity contribution in [3.63, 3.8) is 0 Å². The van der Waals surface area contributed by atoms with Gasteiger partial charge in [0, 0.05) is 10.8 Å². The second kappa shape index (κ2) is 7.90. The maximum absolute atomic E-state index is 12.5. The molecule has 1 atom stereocenters. The first kappa shape index (κ1) is 16.4. The second-order valence-corrected chi connectivity index (χ2v) is 6.27. The highest BCUT2D eigenvalue weighted by Gasteiger charge is 2.19. The van der Waals surface area contributed by atoms with Crippen molar-refractivity contribution >= 4 is 17.5 Å². The number of Topliss-reactive ketones (excluding diaryl/α,β-unsaturated/α-hetero) is 1. The highest BCUT2D eigenvalue weighted by Crippen LogP contribution is 2.27. The Morgan fingerprint density at radius 3 is 2.64 bits per heavy atom. The van der Waals surface area contributed by atoms with E-state index in [1.807, 2.05) is 25.1 Å². The van der Waals surface area contributed by atoms with E-state index in [9.17, 15) is 9.90 Å². The Labute approximate surface area is 135 Å². The van der Waals surface area contributed by atoms with Gasteiger partial charge >= 0.3 is 0 Å². The minimum absolute atomic E-state index is 0.00774. The third-order valence-electron chi connectivity index (χ3n) is 3.48. The molecule has 22 heavy (non-hydrogen) atoms. The summed E-state index contributed by atoms with van der Waals surface area (Å²) in [6, 6.07) is 14.9. The van der Waals surface area contributed by atoms with Crippen LogP contribution in [0.5, 0.6) is 11.5 Å². The molecular weight excluding hydrogens is 296 g/mol. The molecule has 0 heterocycles. The highest BCUT2D eigenvalue weighted by atomic mass is 32.2. The normalized spacial score (nSPS) is 11.9. The first-order valence-corrected chi connectivity index (χ1v) is 8.19. The van der Waals surface area contributed by atoms with Gasteiger partial charge in [-0.3, -0.25) is 4.79 Å². The smallest absolute Gasteiger partial charge is 0.169 e. The lowest BCUT2D eigenvalue weighted by Crippen LogP contribution is -2.12. The number of phenols is 1. The van der Waals surface area contributed by atoms with Crippen LogP contribution in [0, 0.1) is 5.92 Å². The number of carbonyl (C=O) groups is 1.